The Labute approximate surface area is 115 Å². The Kier molecular flexibility index (Phi) is 3.10. The molecule has 1 fully saturated rings. The second kappa shape index (κ2) is 4.92. The van der Waals surface area contributed by atoms with E-state index in [4.69, 9.17) is 0 Å². The molecule has 1 aliphatic carbocycles. The van der Waals surface area contributed by atoms with Crippen LogP contribution in [0.4, 0.5) is 0 Å². The highest BCUT2D eigenvalue weighted by molar-refractivity contribution is 5.85. The number of ether oxygens (including phenoxy) is 1. The van der Waals surface area contributed by atoms with Gasteiger partial charge in [0.05, 0.1) is 18.0 Å². The van der Waals surface area contributed by atoms with E-state index in [0.717, 1.165) is 0 Å². The van der Waals surface area contributed by atoms with Crippen molar-refractivity contribution in [2.24, 2.45) is 0 Å². The van der Waals surface area contributed by atoms with Gasteiger partial charge in [0.1, 0.15) is 6.33 Å². The lowest BCUT2D eigenvalue weighted by atomic mass is 10.1. The number of carbonyl (C=O) groups is 1. The van der Waals surface area contributed by atoms with Gasteiger partial charge in [-0.1, -0.05) is 6.07 Å². The molecule has 5 heteroatoms. The molecule has 0 saturated heterocycles. The van der Waals surface area contributed by atoms with Gasteiger partial charge in [-0.15, -0.1) is 0 Å². The highest BCUT2D eigenvalue weighted by atomic mass is 16.5. The average Bonchev–Trinajstić information content (AvgIpc) is 3.30. The van der Waals surface area contributed by atoms with Crippen molar-refractivity contribution in [1.29, 1.82) is 0 Å². The number of benzene rings is 1. The molecular weight excluding hydrogens is 256 g/mol. The number of carbonyl (C=O) groups excluding carboxylic acids is 1. The predicted molar refractivity (Wildman–Crippen MR) is 75.3 cm³/mol. The summed E-state index contributed by atoms with van der Waals surface area (Å²) in [5.41, 5.74) is 1.67. The molecule has 2 aromatic rings. The number of fused-ring (bicyclic) bond motifs is 1. The summed E-state index contributed by atoms with van der Waals surface area (Å²) < 4.78 is 5.78. The zero-order valence-corrected chi connectivity index (χ0v) is 11.1. The number of hydrogen-bond acceptors (Lipinski definition) is 4. The van der Waals surface area contributed by atoms with Crippen LogP contribution in [0.25, 0.3) is 17.1 Å². The first-order valence-corrected chi connectivity index (χ1v) is 6.46. The standard InChI is InChI=1S/C15H14N2O3/c1-20-14(18)6-7-17-9-16-13-5-4-11(10-2-3-10)8-12(13)15(17)19/h4-10H,2-3H2,1H3/b7-6+. The number of methoxy groups -OCH3 is 1. The highest BCUT2D eigenvalue weighted by Crippen LogP contribution is 2.40. The van der Waals surface area contributed by atoms with Crippen LogP contribution in [0, 0.1) is 0 Å². The van der Waals surface area contributed by atoms with E-state index in [1.165, 1.54) is 48.7 Å². The van der Waals surface area contributed by atoms with Gasteiger partial charge in [-0.3, -0.25) is 9.36 Å². The summed E-state index contributed by atoms with van der Waals surface area (Å²) in [6.07, 6.45) is 6.33. The molecule has 0 atom stereocenters. The Bertz CT molecular complexity index is 757. The van der Waals surface area contributed by atoms with Crippen molar-refractivity contribution < 1.29 is 9.53 Å². The first-order valence-electron chi connectivity index (χ1n) is 6.46. The summed E-state index contributed by atoms with van der Waals surface area (Å²) in [6.45, 7) is 0. The van der Waals surface area contributed by atoms with Crippen LogP contribution in [0.2, 0.25) is 0 Å². The molecule has 0 unspecified atom stereocenters. The SMILES string of the molecule is COC(=O)/C=C/n1cnc2ccc(C3CC3)cc2c1=O. The molecule has 0 bridgehead atoms. The fourth-order valence-corrected chi connectivity index (χ4v) is 2.14. The van der Waals surface area contributed by atoms with Crippen LogP contribution in [0.3, 0.4) is 0 Å². The minimum Gasteiger partial charge on any atom is -0.466 e. The lowest BCUT2D eigenvalue weighted by Crippen LogP contribution is -2.16. The summed E-state index contributed by atoms with van der Waals surface area (Å²) >= 11 is 0. The fourth-order valence-electron chi connectivity index (χ4n) is 2.14. The third kappa shape index (κ3) is 2.34. The van der Waals surface area contributed by atoms with Crippen LogP contribution in [0.15, 0.2) is 35.4 Å². The molecule has 1 aliphatic rings. The molecule has 1 aromatic heterocycles. The number of aromatic nitrogens is 2. The van der Waals surface area contributed by atoms with Crippen molar-refractivity contribution in [1.82, 2.24) is 9.55 Å². The van der Waals surface area contributed by atoms with Gasteiger partial charge >= 0.3 is 5.97 Å². The zero-order valence-electron chi connectivity index (χ0n) is 11.1. The Balaban J connectivity index is 2.06. The summed E-state index contributed by atoms with van der Waals surface area (Å²) in [6, 6.07) is 5.81. The maximum Gasteiger partial charge on any atom is 0.331 e. The van der Waals surface area contributed by atoms with Gasteiger partial charge in [0, 0.05) is 12.3 Å². The van der Waals surface area contributed by atoms with Gasteiger partial charge in [-0.2, -0.15) is 0 Å². The number of nitrogens with zero attached hydrogens (tertiary/aromatic N) is 2. The van der Waals surface area contributed by atoms with Crippen molar-refractivity contribution in [2.45, 2.75) is 18.8 Å². The lowest BCUT2D eigenvalue weighted by Gasteiger charge is -2.03. The first-order chi connectivity index (χ1) is 9.69. The van der Waals surface area contributed by atoms with Crippen molar-refractivity contribution in [2.75, 3.05) is 7.11 Å². The first kappa shape index (κ1) is 12.6. The molecule has 0 spiro atoms. The predicted octanol–water partition coefficient (Wildman–Crippen LogP) is 1.92. The number of esters is 1. The van der Waals surface area contributed by atoms with Crippen molar-refractivity contribution in [3.63, 3.8) is 0 Å². The number of hydrogen-bond donors (Lipinski definition) is 0. The minimum atomic E-state index is -0.510. The van der Waals surface area contributed by atoms with Gasteiger partial charge in [-0.25, -0.2) is 9.78 Å². The van der Waals surface area contributed by atoms with Crippen LogP contribution in [-0.4, -0.2) is 22.6 Å². The quantitative estimate of drug-likeness (QED) is 0.631. The molecule has 1 heterocycles. The second-order valence-corrected chi connectivity index (χ2v) is 4.85. The smallest absolute Gasteiger partial charge is 0.331 e. The largest absolute Gasteiger partial charge is 0.466 e. The van der Waals surface area contributed by atoms with E-state index in [1.54, 1.807) is 0 Å². The van der Waals surface area contributed by atoms with Crippen LogP contribution in [-0.2, 0) is 9.53 Å². The zero-order chi connectivity index (χ0) is 14.1. The molecule has 5 nitrogen and oxygen atoms in total. The fraction of sp³-hybridized carbons (Fsp3) is 0.267. The Morgan fingerprint density at radius 2 is 2.25 bits per heavy atom. The lowest BCUT2D eigenvalue weighted by molar-refractivity contribution is -0.134. The summed E-state index contributed by atoms with van der Waals surface area (Å²) in [5, 5.41) is 0.575. The van der Waals surface area contributed by atoms with E-state index >= 15 is 0 Å². The van der Waals surface area contributed by atoms with Crippen LogP contribution >= 0.6 is 0 Å². The van der Waals surface area contributed by atoms with Crippen molar-refractivity contribution in [3.8, 4) is 0 Å². The normalized spacial score (nSPS) is 14.8. The molecule has 1 saturated carbocycles. The van der Waals surface area contributed by atoms with E-state index in [9.17, 15) is 9.59 Å². The van der Waals surface area contributed by atoms with Gasteiger partial charge in [-0.05, 0) is 36.5 Å². The molecule has 20 heavy (non-hydrogen) atoms. The molecule has 0 N–H and O–H groups in total. The van der Waals surface area contributed by atoms with Crippen LogP contribution in [0.1, 0.15) is 24.3 Å². The molecule has 1 aromatic carbocycles. The molecule has 102 valence electrons. The molecule has 0 amide bonds. The third-order valence-corrected chi connectivity index (χ3v) is 3.43. The summed E-state index contributed by atoms with van der Waals surface area (Å²) in [7, 11) is 1.29. The summed E-state index contributed by atoms with van der Waals surface area (Å²) in [4.78, 5) is 27.6. The average molecular weight is 270 g/mol. The van der Waals surface area contributed by atoms with Gasteiger partial charge in [0.15, 0.2) is 0 Å². The van der Waals surface area contributed by atoms with Gasteiger partial charge in [0.25, 0.3) is 5.56 Å². The van der Waals surface area contributed by atoms with E-state index in [2.05, 4.69) is 9.72 Å². The Morgan fingerprint density at radius 3 is 2.95 bits per heavy atom. The Hall–Kier alpha value is -2.43. The Morgan fingerprint density at radius 1 is 1.45 bits per heavy atom. The number of rotatable bonds is 3. The van der Waals surface area contributed by atoms with Crippen LogP contribution < -0.4 is 5.56 Å². The maximum absolute atomic E-state index is 12.3. The molecular formula is C15H14N2O3. The molecule has 0 aliphatic heterocycles. The third-order valence-electron chi connectivity index (χ3n) is 3.43. The van der Waals surface area contributed by atoms with Crippen LogP contribution in [0.5, 0.6) is 0 Å². The summed E-state index contributed by atoms with van der Waals surface area (Å²) in [5.74, 6) is 0.0711. The maximum atomic E-state index is 12.3. The second-order valence-electron chi connectivity index (χ2n) is 4.85. The van der Waals surface area contributed by atoms with E-state index < -0.39 is 5.97 Å². The van der Waals surface area contributed by atoms with E-state index in [0.29, 0.717) is 16.8 Å². The van der Waals surface area contributed by atoms with Crippen molar-refractivity contribution >= 4 is 23.1 Å². The van der Waals surface area contributed by atoms with Gasteiger partial charge < -0.3 is 4.74 Å². The molecule has 0 radical (unpaired) electrons. The van der Waals surface area contributed by atoms with E-state index in [-0.39, 0.29) is 5.56 Å². The molecule has 3 rings (SSSR count). The highest BCUT2D eigenvalue weighted by Gasteiger charge is 2.23. The minimum absolute atomic E-state index is 0.183. The topological polar surface area (TPSA) is 61.2 Å². The monoisotopic (exact) mass is 270 g/mol. The van der Waals surface area contributed by atoms with Gasteiger partial charge in [0.2, 0.25) is 0 Å². The van der Waals surface area contributed by atoms with Crippen molar-refractivity contribution in [3.05, 3.63) is 46.5 Å². The van der Waals surface area contributed by atoms with E-state index in [1.807, 2.05) is 18.2 Å².